The summed E-state index contributed by atoms with van der Waals surface area (Å²) in [6.45, 7) is 9.56. The Bertz CT molecular complexity index is 982. The lowest BCUT2D eigenvalue weighted by Crippen LogP contribution is -2.27. The zero-order valence-electron chi connectivity index (χ0n) is 16.5. The molecule has 0 aliphatic carbocycles. The van der Waals surface area contributed by atoms with Crippen LogP contribution in [0.4, 0.5) is 0 Å². The van der Waals surface area contributed by atoms with E-state index in [1.165, 1.54) is 0 Å². The molecule has 3 rings (SSSR count). The molecule has 3 aromatic rings. The van der Waals surface area contributed by atoms with Gasteiger partial charge in [-0.1, -0.05) is 54.1 Å². The highest BCUT2D eigenvalue weighted by atomic mass is 35.5. The van der Waals surface area contributed by atoms with Crippen LogP contribution in [0.5, 0.6) is 0 Å². The normalized spacial score (nSPS) is 13.0. The van der Waals surface area contributed by atoms with Crippen LogP contribution in [0.15, 0.2) is 54.6 Å². The summed E-state index contributed by atoms with van der Waals surface area (Å²) >= 11 is 6.11. The summed E-state index contributed by atoms with van der Waals surface area (Å²) in [6, 6.07) is 18.1. The van der Waals surface area contributed by atoms with Crippen LogP contribution in [0.25, 0.3) is 21.9 Å². The lowest BCUT2D eigenvalue weighted by molar-refractivity contribution is -0.138. The molecule has 0 aliphatic heterocycles. The van der Waals surface area contributed by atoms with Crippen molar-refractivity contribution in [2.24, 2.45) is 0 Å². The van der Waals surface area contributed by atoms with Crippen LogP contribution in [0, 0.1) is 6.92 Å². The molecule has 1 atom stereocenters. The number of rotatable bonds is 4. The second-order valence-corrected chi connectivity index (χ2v) is 8.37. The third kappa shape index (κ3) is 4.23. The van der Waals surface area contributed by atoms with Crippen molar-refractivity contribution in [3.05, 3.63) is 70.7 Å². The molecule has 0 heterocycles. The molecule has 3 heteroatoms. The molecule has 0 aromatic heterocycles. The molecule has 0 spiro atoms. The van der Waals surface area contributed by atoms with Crippen LogP contribution in [0.3, 0.4) is 0 Å². The molecule has 0 bridgehead atoms. The molecule has 0 saturated heterocycles. The van der Waals surface area contributed by atoms with E-state index < -0.39 is 11.7 Å². The zero-order chi connectivity index (χ0) is 19.8. The van der Waals surface area contributed by atoms with E-state index in [9.17, 15) is 4.79 Å². The molecule has 3 aromatic carbocycles. The number of ketones is 1. The van der Waals surface area contributed by atoms with Crippen LogP contribution < -0.4 is 0 Å². The molecule has 0 aliphatic rings. The summed E-state index contributed by atoms with van der Waals surface area (Å²) in [4.78, 5) is 12.6. The molecule has 2 nitrogen and oxygen atoms in total. The van der Waals surface area contributed by atoms with Crippen molar-refractivity contribution < 1.29 is 9.53 Å². The van der Waals surface area contributed by atoms with Gasteiger partial charge in [0.1, 0.15) is 6.10 Å². The fourth-order valence-corrected chi connectivity index (χ4v) is 3.59. The SMILES string of the molecule is CC(=O)[C@@H](OC(C)(C)C)c1c(C)cc2ccccc2c1-c1ccc(Cl)cc1. The highest BCUT2D eigenvalue weighted by Crippen LogP contribution is 2.40. The van der Waals surface area contributed by atoms with Crippen molar-refractivity contribution in [2.75, 3.05) is 0 Å². The number of benzene rings is 3. The molecule has 27 heavy (non-hydrogen) atoms. The lowest BCUT2D eigenvalue weighted by Gasteiger charge is -2.29. The third-order valence-corrected chi connectivity index (χ3v) is 4.78. The molecule has 0 radical (unpaired) electrons. The molecule has 0 amide bonds. The second-order valence-electron chi connectivity index (χ2n) is 7.93. The summed E-state index contributed by atoms with van der Waals surface area (Å²) in [7, 11) is 0. The molecular formula is C24H25ClO2. The van der Waals surface area contributed by atoms with E-state index in [0.29, 0.717) is 5.02 Å². The van der Waals surface area contributed by atoms with Crippen LogP contribution in [-0.2, 0) is 9.53 Å². The highest BCUT2D eigenvalue weighted by Gasteiger charge is 2.29. The quantitative estimate of drug-likeness (QED) is 0.491. The topological polar surface area (TPSA) is 26.3 Å². The Balaban J connectivity index is 2.37. The van der Waals surface area contributed by atoms with E-state index in [0.717, 1.165) is 33.0 Å². The maximum atomic E-state index is 12.6. The van der Waals surface area contributed by atoms with Crippen molar-refractivity contribution >= 4 is 28.2 Å². The molecule has 140 valence electrons. The monoisotopic (exact) mass is 380 g/mol. The van der Waals surface area contributed by atoms with Crippen LogP contribution >= 0.6 is 11.6 Å². The van der Waals surface area contributed by atoms with Gasteiger partial charge in [-0.15, -0.1) is 0 Å². The van der Waals surface area contributed by atoms with E-state index >= 15 is 0 Å². The number of carbonyl (C=O) groups is 1. The van der Waals surface area contributed by atoms with E-state index in [4.69, 9.17) is 16.3 Å². The number of Topliss-reactive ketones (excluding diaryl/α,β-unsaturated/α-hetero) is 1. The van der Waals surface area contributed by atoms with E-state index in [1.54, 1.807) is 6.92 Å². The summed E-state index contributed by atoms with van der Waals surface area (Å²) in [5.41, 5.74) is 3.59. The smallest absolute Gasteiger partial charge is 0.163 e. The lowest BCUT2D eigenvalue weighted by atomic mass is 9.86. The third-order valence-electron chi connectivity index (χ3n) is 4.53. The Labute approximate surface area is 166 Å². The summed E-state index contributed by atoms with van der Waals surface area (Å²) < 4.78 is 6.23. The van der Waals surface area contributed by atoms with Gasteiger partial charge in [-0.05, 0) is 79.8 Å². The first-order valence-corrected chi connectivity index (χ1v) is 9.51. The van der Waals surface area contributed by atoms with Crippen molar-refractivity contribution in [1.82, 2.24) is 0 Å². The Kier molecular flexibility index (Phi) is 5.41. The minimum Gasteiger partial charge on any atom is -0.360 e. The predicted octanol–water partition coefficient (Wildman–Crippen LogP) is 6.91. The number of fused-ring (bicyclic) bond motifs is 1. The van der Waals surface area contributed by atoms with Crippen LogP contribution in [-0.4, -0.2) is 11.4 Å². The summed E-state index contributed by atoms with van der Waals surface area (Å²) in [5.74, 6) is -0.00137. The molecule has 0 saturated carbocycles. The Morgan fingerprint density at radius 1 is 1.04 bits per heavy atom. The van der Waals surface area contributed by atoms with Gasteiger partial charge in [0.2, 0.25) is 0 Å². The number of hydrogen-bond donors (Lipinski definition) is 0. The van der Waals surface area contributed by atoms with E-state index in [1.807, 2.05) is 64.1 Å². The standard InChI is InChI=1S/C24H25ClO2/c1-15-14-18-8-6-7-9-20(18)22(17-10-12-19(25)13-11-17)21(15)23(16(2)26)27-24(3,4)5/h6-14,23H,1-5H3/t23-/m1/s1. The fourth-order valence-electron chi connectivity index (χ4n) is 3.47. The molecule has 0 N–H and O–H groups in total. The van der Waals surface area contributed by atoms with Crippen molar-refractivity contribution in [3.63, 3.8) is 0 Å². The Morgan fingerprint density at radius 3 is 2.26 bits per heavy atom. The Hall–Kier alpha value is -2.16. The number of aryl methyl sites for hydroxylation is 1. The maximum absolute atomic E-state index is 12.6. The summed E-state index contributed by atoms with van der Waals surface area (Å²) in [5, 5.41) is 2.93. The van der Waals surface area contributed by atoms with Crippen molar-refractivity contribution in [3.8, 4) is 11.1 Å². The van der Waals surface area contributed by atoms with E-state index in [2.05, 4.69) is 18.2 Å². The van der Waals surface area contributed by atoms with Gasteiger partial charge < -0.3 is 4.74 Å². The number of ether oxygens (including phenoxy) is 1. The fraction of sp³-hybridized carbons (Fsp3) is 0.292. The average Bonchev–Trinajstić information content (AvgIpc) is 2.59. The zero-order valence-corrected chi connectivity index (χ0v) is 17.2. The van der Waals surface area contributed by atoms with Crippen molar-refractivity contribution in [2.45, 2.75) is 46.3 Å². The largest absolute Gasteiger partial charge is 0.360 e. The van der Waals surface area contributed by atoms with Gasteiger partial charge in [-0.2, -0.15) is 0 Å². The van der Waals surface area contributed by atoms with Gasteiger partial charge in [-0.25, -0.2) is 0 Å². The van der Waals surface area contributed by atoms with Gasteiger partial charge in [0.15, 0.2) is 5.78 Å². The highest BCUT2D eigenvalue weighted by molar-refractivity contribution is 6.30. The molecule has 0 fully saturated rings. The minimum absolute atomic E-state index is 0.00137. The van der Waals surface area contributed by atoms with Gasteiger partial charge in [0.05, 0.1) is 5.60 Å². The second kappa shape index (κ2) is 7.46. The maximum Gasteiger partial charge on any atom is 0.163 e. The average molecular weight is 381 g/mol. The number of halogens is 1. The van der Waals surface area contributed by atoms with Crippen molar-refractivity contribution in [1.29, 1.82) is 0 Å². The first-order chi connectivity index (χ1) is 12.7. The first kappa shape index (κ1) is 19.6. The van der Waals surface area contributed by atoms with Crippen LogP contribution in [0.1, 0.15) is 44.9 Å². The number of carbonyl (C=O) groups excluding carboxylic acids is 1. The molecule has 0 unspecified atom stereocenters. The van der Waals surface area contributed by atoms with E-state index in [-0.39, 0.29) is 5.78 Å². The summed E-state index contributed by atoms with van der Waals surface area (Å²) in [6.07, 6.45) is -0.625. The van der Waals surface area contributed by atoms with Gasteiger partial charge in [0.25, 0.3) is 0 Å². The number of hydrogen-bond acceptors (Lipinski definition) is 2. The molecular weight excluding hydrogens is 356 g/mol. The Morgan fingerprint density at radius 2 is 1.67 bits per heavy atom. The van der Waals surface area contributed by atoms with Gasteiger partial charge in [0, 0.05) is 5.02 Å². The van der Waals surface area contributed by atoms with Gasteiger partial charge in [-0.3, -0.25) is 4.79 Å². The first-order valence-electron chi connectivity index (χ1n) is 9.14. The van der Waals surface area contributed by atoms with Gasteiger partial charge >= 0.3 is 0 Å². The predicted molar refractivity (Wildman–Crippen MR) is 113 cm³/mol. The minimum atomic E-state index is -0.625. The van der Waals surface area contributed by atoms with Crippen LogP contribution in [0.2, 0.25) is 5.02 Å².